The van der Waals surface area contributed by atoms with Gasteiger partial charge in [0.05, 0.1) is 6.04 Å². The lowest BCUT2D eigenvalue weighted by Crippen LogP contribution is -2.48. The Hall–Kier alpha value is -2.34. The molecule has 2 N–H and O–H groups in total. The van der Waals surface area contributed by atoms with Crippen molar-refractivity contribution in [1.82, 2.24) is 9.88 Å². The van der Waals surface area contributed by atoms with E-state index in [9.17, 15) is 4.79 Å². The first-order chi connectivity index (χ1) is 12.0. The quantitative estimate of drug-likeness (QED) is 0.904. The molecule has 0 saturated carbocycles. The average molecular weight is 342 g/mol. The van der Waals surface area contributed by atoms with Gasteiger partial charge < -0.3 is 20.0 Å². The van der Waals surface area contributed by atoms with Crippen molar-refractivity contribution in [3.8, 4) is 0 Å². The van der Waals surface area contributed by atoms with Gasteiger partial charge in [0.2, 0.25) is 5.89 Å². The van der Waals surface area contributed by atoms with Crippen molar-refractivity contribution < 1.29 is 9.21 Å². The van der Waals surface area contributed by atoms with Crippen molar-refractivity contribution >= 4 is 11.6 Å². The first-order valence-corrected chi connectivity index (χ1v) is 8.85. The molecule has 1 atom stereocenters. The summed E-state index contributed by atoms with van der Waals surface area (Å²) in [5.74, 6) is 0.812. The predicted molar refractivity (Wildman–Crippen MR) is 97.4 cm³/mol. The summed E-state index contributed by atoms with van der Waals surface area (Å²) in [6.45, 7) is 7.17. The fraction of sp³-hybridized carbons (Fsp3) is 0.474. The molecule has 2 heterocycles. The monoisotopic (exact) mass is 342 g/mol. The van der Waals surface area contributed by atoms with Crippen LogP contribution in [0.3, 0.4) is 0 Å². The topological polar surface area (TPSA) is 75.6 Å². The Bertz CT molecular complexity index is 690. The maximum atomic E-state index is 12.6. The van der Waals surface area contributed by atoms with Crippen molar-refractivity contribution in [2.75, 3.05) is 31.1 Å². The van der Waals surface area contributed by atoms with E-state index in [2.05, 4.69) is 35.9 Å². The molecule has 1 fully saturated rings. The van der Waals surface area contributed by atoms with E-state index in [-0.39, 0.29) is 11.9 Å². The van der Waals surface area contributed by atoms with E-state index in [0.717, 1.165) is 19.5 Å². The fourth-order valence-electron chi connectivity index (χ4n) is 3.13. The van der Waals surface area contributed by atoms with E-state index in [1.165, 1.54) is 12.0 Å². The van der Waals surface area contributed by atoms with Gasteiger partial charge in [-0.05, 0) is 24.5 Å². The number of para-hydroxylation sites is 1. The number of anilines is 1. The van der Waals surface area contributed by atoms with Gasteiger partial charge in [0.15, 0.2) is 5.69 Å². The number of carbonyl (C=O) groups excluding carboxylic acids is 1. The smallest absolute Gasteiger partial charge is 0.275 e. The van der Waals surface area contributed by atoms with Crippen LogP contribution in [0, 0.1) is 5.92 Å². The second kappa shape index (κ2) is 7.70. The maximum Gasteiger partial charge on any atom is 0.275 e. The predicted octanol–water partition coefficient (Wildman–Crippen LogP) is 2.68. The normalized spacial score (nSPS) is 16.3. The van der Waals surface area contributed by atoms with Crippen LogP contribution in [0.15, 0.2) is 41.0 Å². The second-order valence-corrected chi connectivity index (χ2v) is 6.92. The summed E-state index contributed by atoms with van der Waals surface area (Å²) in [6, 6.07) is 10.00. The van der Waals surface area contributed by atoms with Gasteiger partial charge in [-0.2, -0.15) is 0 Å². The summed E-state index contributed by atoms with van der Waals surface area (Å²) in [5.41, 5.74) is 7.62. The molecular weight excluding hydrogens is 316 g/mol. The van der Waals surface area contributed by atoms with E-state index in [1.807, 2.05) is 23.1 Å². The highest BCUT2D eigenvalue weighted by molar-refractivity contribution is 5.92. The van der Waals surface area contributed by atoms with Crippen molar-refractivity contribution in [2.24, 2.45) is 11.7 Å². The van der Waals surface area contributed by atoms with Crippen LogP contribution in [0.4, 0.5) is 5.69 Å². The number of nitrogens with two attached hydrogens (primary N) is 1. The zero-order chi connectivity index (χ0) is 17.8. The first kappa shape index (κ1) is 17.5. The highest BCUT2D eigenvalue weighted by Gasteiger charge is 2.25. The highest BCUT2D eigenvalue weighted by Crippen LogP contribution is 2.20. The molecule has 3 rings (SSSR count). The van der Waals surface area contributed by atoms with Crippen LogP contribution in [-0.4, -0.2) is 42.0 Å². The van der Waals surface area contributed by atoms with Gasteiger partial charge in [-0.25, -0.2) is 4.98 Å². The molecule has 1 aromatic carbocycles. The molecule has 134 valence electrons. The minimum Gasteiger partial charge on any atom is -0.446 e. The van der Waals surface area contributed by atoms with Crippen LogP contribution in [0.2, 0.25) is 0 Å². The molecule has 1 aliphatic rings. The average Bonchev–Trinajstić information content (AvgIpc) is 3.12. The molecule has 1 unspecified atom stereocenters. The van der Waals surface area contributed by atoms with Crippen molar-refractivity contribution in [1.29, 1.82) is 0 Å². The molecule has 1 aliphatic heterocycles. The summed E-state index contributed by atoms with van der Waals surface area (Å²) in [6.07, 6.45) is 2.21. The number of hydrogen-bond donors (Lipinski definition) is 1. The molecule has 0 bridgehead atoms. The van der Waals surface area contributed by atoms with Gasteiger partial charge in [-0.15, -0.1) is 0 Å². The molecule has 1 saturated heterocycles. The van der Waals surface area contributed by atoms with E-state index >= 15 is 0 Å². The van der Waals surface area contributed by atoms with E-state index < -0.39 is 0 Å². The second-order valence-electron chi connectivity index (χ2n) is 6.92. The maximum absolute atomic E-state index is 12.6. The third-order valence-corrected chi connectivity index (χ3v) is 4.47. The van der Waals surface area contributed by atoms with Crippen LogP contribution in [-0.2, 0) is 0 Å². The lowest BCUT2D eigenvalue weighted by Gasteiger charge is -2.35. The zero-order valence-corrected chi connectivity index (χ0v) is 14.9. The Labute approximate surface area is 148 Å². The first-order valence-electron chi connectivity index (χ1n) is 8.85. The standard InChI is InChI=1S/C19H26N4O2/c1-14(2)12-16(20)18-21-17(13-25-18)19(24)23-10-8-22(9-11-23)15-6-4-3-5-7-15/h3-7,13-14,16H,8-12,20H2,1-2H3. The summed E-state index contributed by atoms with van der Waals surface area (Å²) in [5, 5.41) is 0. The summed E-state index contributed by atoms with van der Waals surface area (Å²) in [4.78, 5) is 21.1. The molecule has 0 spiro atoms. The van der Waals surface area contributed by atoms with Crippen LogP contribution < -0.4 is 10.6 Å². The third-order valence-electron chi connectivity index (χ3n) is 4.47. The van der Waals surface area contributed by atoms with Crippen LogP contribution in [0.5, 0.6) is 0 Å². The molecule has 0 aliphatic carbocycles. The molecule has 6 nitrogen and oxygen atoms in total. The van der Waals surface area contributed by atoms with Gasteiger partial charge in [0.1, 0.15) is 6.26 Å². The number of piperazine rings is 1. The number of rotatable bonds is 5. The number of carbonyl (C=O) groups is 1. The van der Waals surface area contributed by atoms with E-state index in [0.29, 0.717) is 30.6 Å². The largest absolute Gasteiger partial charge is 0.446 e. The number of oxazole rings is 1. The van der Waals surface area contributed by atoms with Gasteiger partial charge in [-0.3, -0.25) is 4.79 Å². The Balaban J connectivity index is 1.59. The molecule has 0 radical (unpaired) electrons. The molecule has 1 amide bonds. The summed E-state index contributed by atoms with van der Waals surface area (Å²) in [7, 11) is 0. The molecule has 25 heavy (non-hydrogen) atoms. The lowest BCUT2D eigenvalue weighted by molar-refractivity contribution is 0.0741. The Kier molecular flexibility index (Phi) is 5.38. The number of benzene rings is 1. The Morgan fingerprint density at radius 2 is 1.88 bits per heavy atom. The van der Waals surface area contributed by atoms with Crippen LogP contribution in [0.25, 0.3) is 0 Å². The minimum atomic E-state index is -0.267. The Morgan fingerprint density at radius 1 is 1.20 bits per heavy atom. The number of hydrogen-bond acceptors (Lipinski definition) is 5. The zero-order valence-electron chi connectivity index (χ0n) is 14.9. The molecule has 2 aromatic rings. The lowest BCUT2D eigenvalue weighted by atomic mass is 10.0. The molecule has 1 aromatic heterocycles. The van der Waals surface area contributed by atoms with E-state index in [4.69, 9.17) is 10.2 Å². The third kappa shape index (κ3) is 4.20. The minimum absolute atomic E-state index is 0.0838. The van der Waals surface area contributed by atoms with Gasteiger partial charge in [0.25, 0.3) is 5.91 Å². The highest BCUT2D eigenvalue weighted by atomic mass is 16.3. The van der Waals surface area contributed by atoms with Gasteiger partial charge >= 0.3 is 0 Å². The SMILES string of the molecule is CC(C)CC(N)c1nc(C(=O)N2CCN(c3ccccc3)CC2)co1. The Morgan fingerprint density at radius 3 is 2.52 bits per heavy atom. The number of amides is 1. The molecule has 6 heteroatoms. The van der Waals surface area contributed by atoms with Gasteiger partial charge in [0, 0.05) is 31.9 Å². The van der Waals surface area contributed by atoms with E-state index in [1.54, 1.807) is 0 Å². The summed E-state index contributed by atoms with van der Waals surface area (Å²) >= 11 is 0. The molecular formula is C19H26N4O2. The van der Waals surface area contributed by atoms with Gasteiger partial charge in [-0.1, -0.05) is 32.0 Å². The van der Waals surface area contributed by atoms with Crippen LogP contribution in [0.1, 0.15) is 42.7 Å². The van der Waals surface area contributed by atoms with Crippen LogP contribution >= 0.6 is 0 Å². The van der Waals surface area contributed by atoms with Crippen molar-refractivity contribution in [3.05, 3.63) is 48.2 Å². The van der Waals surface area contributed by atoms with Crippen molar-refractivity contribution in [3.63, 3.8) is 0 Å². The summed E-state index contributed by atoms with van der Waals surface area (Å²) < 4.78 is 5.44. The van der Waals surface area contributed by atoms with Crippen molar-refractivity contribution in [2.45, 2.75) is 26.3 Å². The number of aromatic nitrogens is 1. The fourth-order valence-corrected chi connectivity index (χ4v) is 3.13. The number of nitrogens with zero attached hydrogens (tertiary/aromatic N) is 3.